The molecule has 2 aromatic carbocycles. The third-order valence-electron chi connectivity index (χ3n) is 5.57. The Bertz CT molecular complexity index is 783. The normalized spacial score (nSPS) is 12.1. The van der Waals surface area contributed by atoms with Gasteiger partial charge in [0.15, 0.2) is 0 Å². The van der Waals surface area contributed by atoms with Gasteiger partial charge >= 0.3 is 0 Å². The van der Waals surface area contributed by atoms with Crippen LogP contribution in [0.25, 0.3) is 0 Å². The van der Waals surface area contributed by atoms with Crippen LogP contribution in [0.2, 0.25) is 0 Å². The minimum atomic E-state index is -0.0790. The molecule has 1 aliphatic heterocycles. The van der Waals surface area contributed by atoms with E-state index in [1.807, 2.05) is 39.1 Å². The monoisotopic (exact) mass is 530 g/mol. The van der Waals surface area contributed by atoms with Gasteiger partial charge in [0.05, 0.1) is 0 Å². The molecule has 3 rings (SSSR count). The van der Waals surface area contributed by atoms with Gasteiger partial charge in [0.25, 0.3) is 0 Å². The summed E-state index contributed by atoms with van der Waals surface area (Å²) in [7, 11) is 2.02. The number of hydrogen-bond donors (Lipinski definition) is 1. The number of nitrogens with zero attached hydrogens (tertiary/aromatic N) is 1. The average molecular weight is 531 g/mol. The fourth-order valence-corrected chi connectivity index (χ4v) is 3.65. The zero-order chi connectivity index (χ0) is 28.3. The van der Waals surface area contributed by atoms with Gasteiger partial charge in [0.2, 0.25) is 0 Å². The van der Waals surface area contributed by atoms with Gasteiger partial charge in [-0.25, -0.2) is 4.39 Å². The molecule has 0 atom stereocenters. The molecule has 0 aromatic heterocycles. The van der Waals surface area contributed by atoms with Crippen molar-refractivity contribution in [3.05, 3.63) is 90.3 Å². The number of nitrogens with one attached hydrogen (secondary N) is 1. The van der Waals surface area contributed by atoms with E-state index in [1.54, 1.807) is 23.9 Å². The fourth-order valence-electron chi connectivity index (χ4n) is 3.25. The van der Waals surface area contributed by atoms with E-state index in [0.717, 1.165) is 31.4 Å². The van der Waals surface area contributed by atoms with Crippen molar-refractivity contribution in [3.63, 3.8) is 0 Å². The van der Waals surface area contributed by atoms with Crippen molar-refractivity contribution < 1.29 is 4.39 Å². The van der Waals surface area contributed by atoms with E-state index in [9.17, 15) is 4.39 Å². The maximum atomic E-state index is 12.9. The quantitative estimate of drug-likeness (QED) is 0.284. The molecule has 2 nitrogen and oxygen atoms in total. The minimum Gasteiger partial charge on any atom is -0.318 e. The number of halogens is 1. The van der Waals surface area contributed by atoms with Crippen molar-refractivity contribution in [2.24, 2.45) is 0 Å². The van der Waals surface area contributed by atoms with Crippen LogP contribution in [0.1, 0.15) is 70.1 Å². The number of benzene rings is 2. The molecule has 0 unspecified atom stereocenters. The second kappa shape index (κ2) is 27.2. The second-order valence-electron chi connectivity index (χ2n) is 8.76. The summed E-state index contributed by atoms with van der Waals surface area (Å²) in [5.41, 5.74) is 3.36. The van der Waals surface area contributed by atoms with Gasteiger partial charge in [-0.1, -0.05) is 69.2 Å². The van der Waals surface area contributed by atoms with Crippen molar-refractivity contribution in [2.75, 3.05) is 39.5 Å². The Balaban J connectivity index is 0. The number of likely N-dealkylation sites (tertiary alicyclic amines) is 1. The number of allylic oxidation sites excluding steroid dienone is 2. The number of piperidine rings is 1. The Morgan fingerprint density at radius 2 is 1.54 bits per heavy atom. The van der Waals surface area contributed by atoms with Crippen LogP contribution in [-0.2, 0) is 12.8 Å². The highest BCUT2D eigenvalue weighted by atomic mass is 32.2. The lowest BCUT2D eigenvalue weighted by molar-refractivity contribution is 0.231. The Kier molecular flexibility index (Phi) is 27.4. The molecule has 1 fully saturated rings. The third-order valence-corrected chi connectivity index (χ3v) is 6.31. The lowest BCUT2D eigenvalue weighted by Crippen LogP contribution is -2.34. The summed E-state index contributed by atoms with van der Waals surface area (Å²) in [6.07, 6.45) is 12.8. The number of likely N-dealkylation sites (N-methyl/N-ethyl adjacent to an activating group) is 1. The molecular weight excluding hydrogens is 475 g/mol. The van der Waals surface area contributed by atoms with Gasteiger partial charge in [-0.3, -0.25) is 0 Å². The predicted octanol–water partition coefficient (Wildman–Crippen LogP) is 9.13. The zero-order valence-electron chi connectivity index (χ0n) is 24.9. The molecule has 0 aliphatic carbocycles. The van der Waals surface area contributed by atoms with Gasteiger partial charge in [-0.05, 0) is 102 Å². The summed E-state index contributed by atoms with van der Waals surface area (Å²) in [6.45, 7) is 22.0. The van der Waals surface area contributed by atoms with E-state index in [-0.39, 0.29) is 5.82 Å². The summed E-state index contributed by atoms with van der Waals surface area (Å²) in [4.78, 5) is 3.88. The minimum absolute atomic E-state index is 0.0790. The Morgan fingerprint density at radius 1 is 0.973 bits per heavy atom. The Morgan fingerprint density at radius 3 is 1.97 bits per heavy atom. The van der Waals surface area contributed by atoms with Gasteiger partial charge < -0.3 is 10.2 Å². The van der Waals surface area contributed by atoms with Crippen LogP contribution in [0.15, 0.2) is 72.7 Å². The molecule has 2 aromatic rings. The van der Waals surface area contributed by atoms with Crippen molar-refractivity contribution in [1.82, 2.24) is 10.2 Å². The van der Waals surface area contributed by atoms with Crippen LogP contribution in [-0.4, -0.2) is 44.4 Å². The number of rotatable bonds is 7. The van der Waals surface area contributed by atoms with E-state index >= 15 is 0 Å². The van der Waals surface area contributed by atoms with Gasteiger partial charge in [-0.15, -0.1) is 24.9 Å². The molecule has 0 spiro atoms. The largest absolute Gasteiger partial charge is 0.318 e. The van der Waals surface area contributed by atoms with E-state index in [0.29, 0.717) is 0 Å². The number of aryl methyl sites for hydroxylation is 3. The molecule has 0 bridgehead atoms. The number of thioether (sulfide) groups is 1. The predicted molar refractivity (Wildman–Crippen MR) is 169 cm³/mol. The molecular formula is C33H55FN2S. The molecule has 0 amide bonds. The Hall–Kier alpha value is -1.88. The number of hydrogen-bond acceptors (Lipinski definition) is 3. The summed E-state index contributed by atoms with van der Waals surface area (Å²) in [6, 6.07) is 13.9. The highest BCUT2D eigenvalue weighted by Crippen LogP contribution is 2.14. The molecule has 1 N–H and O–H groups in total. The molecule has 210 valence electrons. The van der Waals surface area contributed by atoms with Crippen LogP contribution in [0.4, 0.5) is 4.39 Å². The highest BCUT2D eigenvalue weighted by molar-refractivity contribution is 7.98. The smallest absolute Gasteiger partial charge is 0.126 e. The molecule has 1 saturated heterocycles. The molecule has 4 heteroatoms. The molecule has 0 saturated carbocycles. The van der Waals surface area contributed by atoms with E-state index in [4.69, 9.17) is 0 Å². The molecule has 37 heavy (non-hydrogen) atoms. The van der Waals surface area contributed by atoms with E-state index in [2.05, 4.69) is 74.7 Å². The van der Waals surface area contributed by atoms with Crippen molar-refractivity contribution >= 4 is 11.8 Å². The zero-order valence-corrected chi connectivity index (χ0v) is 25.7. The van der Waals surface area contributed by atoms with Gasteiger partial charge in [-0.2, -0.15) is 0 Å². The van der Waals surface area contributed by atoms with Crippen LogP contribution < -0.4 is 5.32 Å². The van der Waals surface area contributed by atoms with Crippen LogP contribution in [0.5, 0.6) is 0 Å². The lowest BCUT2D eigenvalue weighted by Gasteiger charge is -2.25. The first-order valence-corrected chi connectivity index (χ1v) is 15.0. The van der Waals surface area contributed by atoms with Gasteiger partial charge in [0.1, 0.15) is 5.82 Å². The van der Waals surface area contributed by atoms with E-state index < -0.39 is 0 Å². The SMILES string of the molecule is C=CC.C=CCC.CCc1ccc(F)c(CC)c1.CNCCN1CCCCC1.CSc1ccc(C)cc1. The second-order valence-corrected chi connectivity index (χ2v) is 9.64. The maximum Gasteiger partial charge on any atom is 0.126 e. The van der Waals surface area contributed by atoms with Crippen LogP contribution >= 0.6 is 11.8 Å². The maximum absolute atomic E-state index is 12.9. The topological polar surface area (TPSA) is 15.3 Å². The standard InChI is InChI=1S/C10H13F.C8H18N2.C8H10S.C4H8.C3H6/c1-3-8-5-6-10(11)9(4-2)7-8;1-9-5-8-10-6-3-2-4-7-10;1-7-3-5-8(9-2)6-4-7;1-3-4-2;1-3-2/h5-7H,3-4H2,1-2H3;9H,2-8H2,1H3;3-6H,1-2H3;3H,1,4H2,2H3;3H,1H2,2H3. The lowest BCUT2D eigenvalue weighted by atomic mass is 10.1. The van der Waals surface area contributed by atoms with Crippen LogP contribution in [0.3, 0.4) is 0 Å². The van der Waals surface area contributed by atoms with Gasteiger partial charge in [0, 0.05) is 18.0 Å². The highest BCUT2D eigenvalue weighted by Gasteiger charge is 2.07. The van der Waals surface area contributed by atoms with Crippen molar-refractivity contribution in [3.8, 4) is 0 Å². The molecule has 1 aliphatic rings. The molecule has 0 radical (unpaired) electrons. The average Bonchev–Trinajstić information content (AvgIpc) is 2.94. The summed E-state index contributed by atoms with van der Waals surface area (Å²) in [5, 5.41) is 3.17. The first-order valence-electron chi connectivity index (χ1n) is 13.8. The van der Waals surface area contributed by atoms with Crippen molar-refractivity contribution in [1.29, 1.82) is 0 Å². The van der Waals surface area contributed by atoms with Crippen LogP contribution in [0, 0.1) is 12.7 Å². The summed E-state index contributed by atoms with van der Waals surface area (Å²) >= 11 is 1.78. The first kappa shape index (κ1) is 37.3. The summed E-state index contributed by atoms with van der Waals surface area (Å²) < 4.78 is 12.9. The van der Waals surface area contributed by atoms with Crippen molar-refractivity contribution in [2.45, 2.75) is 78.0 Å². The first-order chi connectivity index (χ1) is 17.9. The summed E-state index contributed by atoms with van der Waals surface area (Å²) in [5.74, 6) is -0.0790. The third kappa shape index (κ3) is 21.9. The Labute approximate surface area is 233 Å². The molecule has 1 heterocycles. The van der Waals surface area contributed by atoms with E-state index in [1.165, 1.54) is 54.9 Å². The fraction of sp³-hybridized carbons (Fsp3) is 0.515.